The smallest absolute Gasteiger partial charge is 0.339 e. The average Bonchev–Trinajstić information content (AvgIpc) is 2.14. The van der Waals surface area contributed by atoms with Crippen molar-refractivity contribution in [3.63, 3.8) is 0 Å². The van der Waals surface area contributed by atoms with Gasteiger partial charge in [-0.05, 0) is 38.8 Å². The molecule has 0 aliphatic rings. The summed E-state index contributed by atoms with van der Waals surface area (Å²) in [5.74, 6) is -0.310. The Morgan fingerprint density at radius 3 is 2.14 bits per heavy atom. The van der Waals surface area contributed by atoms with Gasteiger partial charge in [0, 0.05) is 5.69 Å². The van der Waals surface area contributed by atoms with Gasteiger partial charge in [0.2, 0.25) is 0 Å². The van der Waals surface area contributed by atoms with Crippen molar-refractivity contribution < 1.29 is 9.53 Å². The number of esters is 1. The number of carbonyl (C=O) groups excluding carboxylic acids is 1. The van der Waals surface area contributed by atoms with Crippen LogP contribution in [0.4, 0.5) is 0 Å². The molecule has 0 saturated heterocycles. The molecule has 0 fully saturated rings. The SMILES string of the molecule is COC(=O)c1c(C)nc(C)c(C)c1C. The molecule has 76 valence electrons. The fourth-order valence-electron chi connectivity index (χ4n) is 1.52. The predicted molar refractivity (Wildman–Crippen MR) is 54.5 cm³/mol. The van der Waals surface area contributed by atoms with E-state index >= 15 is 0 Å². The van der Waals surface area contributed by atoms with Crippen molar-refractivity contribution in [2.75, 3.05) is 7.11 Å². The van der Waals surface area contributed by atoms with Crippen molar-refractivity contribution in [1.29, 1.82) is 0 Å². The number of hydrogen-bond acceptors (Lipinski definition) is 3. The second-order valence-electron chi connectivity index (χ2n) is 3.40. The third kappa shape index (κ3) is 1.62. The zero-order valence-electron chi connectivity index (χ0n) is 9.26. The van der Waals surface area contributed by atoms with E-state index in [0.717, 1.165) is 22.5 Å². The lowest BCUT2D eigenvalue weighted by Crippen LogP contribution is -2.10. The highest BCUT2D eigenvalue weighted by Crippen LogP contribution is 2.19. The Bertz CT molecular complexity index is 383. The lowest BCUT2D eigenvalue weighted by atomic mass is 10.0. The number of ether oxygens (including phenoxy) is 1. The minimum atomic E-state index is -0.310. The van der Waals surface area contributed by atoms with Crippen LogP contribution < -0.4 is 0 Å². The van der Waals surface area contributed by atoms with Crippen molar-refractivity contribution in [2.24, 2.45) is 0 Å². The molecule has 0 radical (unpaired) electrons. The number of hydrogen-bond donors (Lipinski definition) is 0. The monoisotopic (exact) mass is 193 g/mol. The second kappa shape index (κ2) is 3.78. The van der Waals surface area contributed by atoms with E-state index in [-0.39, 0.29) is 5.97 Å². The molecule has 0 aromatic carbocycles. The molecule has 0 saturated carbocycles. The first-order chi connectivity index (χ1) is 6.49. The Morgan fingerprint density at radius 1 is 1.07 bits per heavy atom. The van der Waals surface area contributed by atoms with Gasteiger partial charge in [0.1, 0.15) is 0 Å². The van der Waals surface area contributed by atoms with Crippen molar-refractivity contribution in [3.8, 4) is 0 Å². The fourth-order valence-corrected chi connectivity index (χ4v) is 1.52. The zero-order chi connectivity index (χ0) is 10.9. The minimum absolute atomic E-state index is 0.310. The predicted octanol–water partition coefficient (Wildman–Crippen LogP) is 2.10. The molecule has 3 heteroatoms. The molecule has 1 aromatic heterocycles. The number of nitrogens with zero attached hydrogens (tertiary/aromatic N) is 1. The highest BCUT2D eigenvalue weighted by molar-refractivity contribution is 5.92. The maximum absolute atomic E-state index is 11.5. The van der Waals surface area contributed by atoms with Crippen LogP contribution in [0.25, 0.3) is 0 Å². The maximum atomic E-state index is 11.5. The van der Waals surface area contributed by atoms with Gasteiger partial charge in [-0.2, -0.15) is 0 Å². The van der Waals surface area contributed by atoms with Gasteiger partial charge >= 0.3 is 5.97 Å². The van der Waals surface area contributed by atoms with Crippen LogP contribution in [0.2, 0.25) is 0 Å². The molecule has 0 bridgehead atoms. The van der Waals surface area contributed by atoms with Crippen molar-refractivity contribution in [3.05, 3.63) is 28.1 Å². The van der Waals surface area contributed by atoms with Gasteiger partial charge in [-0.15, -0.1) is 0 Å². The van der Waals surface area contributed by atoms with Crippen LogP contribution in [0, 0.1) is 27.7 Å². The number of aryl methyl sites for hydroxylation is 2. The summed E-state index contributed by atoms with van der Waals surface area (Å²) in [6.45, 7) is 7.65. The summed E-state index contributed by atoms with van der Waals surface area (Å²) in [6.07, 6.45) is 0. The molecular weight excluding hydrogens is 178 g/mol. The molecule has 1 aromatic rings. The summed E-state index contributed by atoms with van der Waals surface area (Å²) in [4.78, 5) is 15.8. The first-order valence-electron chi connectivity index (χ1n) is 4.51. The van der Waals surface area contributed by atoms with Crippen molar-refractivity contribution in [2.45, 2.75) is 27.7 Å². The Balaban J connectivity index is 3.44. The molecule has 3 nitrogen and oxygen atoms in total. The summed E-state index contributed by atoms with van der Waals surface area (Å²) >= 11 is 0. The molecule has 0 aliphatic heterocycles. The van der Waals surface area contributed by atoms with E-state index in [2.05, 4.69) is 4.98 Å². The van der Waals surface area contributed by atoms with Crippen molar-refractivity contribution >= 4 is 5.97 Å². The molecule has 0 N–H and O–H groups in total. The highest BCUT2D eigenvalue weighted by atomic mass is 16.5. The molecular formula is C11H15NO2. The van der Waals surface area contributed by atoms with E-state index in [1.807, 2.05) is 27.7 Å². The number of rotatable bonds is 1. The average molecular weight is 193 g/mol. The van der Waals surface area contributed by atoms with Gasteiger partial charge in [-0.3, -0.25) is 4.98 Å². The highest BCUT2D eigenvalue weighted by Gasteiger charge is 2.16. The second-order valence-corrected chi connectivity index (χ2v) is 3.40. The van der Waals surface area contributed by atoms with Gasteiger partial charge in [-0.1, -0.05) is 0 Å². The molecule has 0 unspecified atom stereocenters. The van der Waals surface area contributed by atoms with Crippen molar-refractivity contribution in [1.82, 2.24) is 4.98 Å². The third-order valence-electron chi connectivity index (χ3n) is 2.57. The van der Waals surface area contributed by atoms with Crippen LogP contribution in [0.15, 0.2) is 0 Å². The lowest BCUT2D eigenvalue weighted by Gasteiger charge is -2.11. The van der Waals surface area contributed by atoms with E-state index < -0.39 is 0 Å². The topological polar surface area (TPSA) is 39.2 Å². The molecule has 1 rings (SSSR count). The summed E-state index contributed by atoms with van der Waals surface area (Å²) in [5.41, 5.74) is 4.30. The summed E-state index contributed by atoms with van der Waals surface area (Å²) in [5, 5.41) is 0. The van der Waals surface area contributed by atoms with E-state index in [4.69, 9.17) is 4.74 Å². The minimum Gasteiger partial charge on any atom is -0.465 e. The van der Waals surface area contributed by atoms with E-state index in [0.29, 0.717) is 5.56 Å². The zero-order valence-corrected chi connectivity index (χ0v) is 9.26. The molecule has 1 heterocycles. The Morgan fingerprint density at radius 2 is 1.64 bits per heavy atom. The van der Waals surface area contributed by atoms with Gasteiger partial charge in [0.05, 0.1) is 18.4 Å². The van der Waals surface area contributed by atoms with Crippen LogP contribution in [-0.4, -0.2) is 18.1 Å². The first-order valence-corrected chi connectivity index (χ1v) is 4.51. The van der Waals surface area contributed by atoms with Crippen LogP contribution in [0.1, 0.15) is 32.9 Å². The molecule has 14 heavy (non-hydrogen) atoms. The third-order valence-corrected chi connectivity index (χ3v) is 2.57. The standard InChI is InChI=1S/C11H15NO2/c1-6-7(2)10(11(13)14-5)9(4)12-8(6)3/h1-5H3. The summed E-state index contributed by atoms with van der Waals surface area (Å²) < 4.78 is 4.71. The molecule has 0 aliphatic carbocycles. The number of pyridine rings is 1. The Labute approximate surface area is 84.1 Å². The number of carbonyl (C=O) groups is 1. The number of aromatic nitrogens is 1. The van der Waals surface area contributed by atoms with Gasteiger partial charge < -0.3 is 4.74 Å². The summed E-state index contributed by atoms with van der Waals surface area (Å²) in [6, 6.07) is 0. The molecule has 0 atom stereocenters. The van der Waals surface area contributed by atoms with E-state index in [9.17, 15) is 4.79 Å². The fraction of sp³-hybridized carbons (Fsp3) is 0.455. The van der Waals surface area contributed by atoms with Crippen LogP contribution >= 0.6 is 0 Å². The number of methoxy groups -OCH3 is 1. The Kier molecular flexibility index (Phi) is 2.89. The Hall–Kier alpha value is -1.38. The quantitative estimate of drug-likeness (QED) is 0.641. The van der Waals surface area contributed by atoms with Gasteiger partial charge in [-0.25, -0.2) is 4.79 Å². The van der Waals surface area contributed by atoms with E-state index in [1.165, 1.54) is 7.11 Å². The molecule has 0 spiro atoms. The van der Waals surface area contributed by atoms with Crippen LogP contribution in [-0.2, 0) is 4.74 Å². The van der Waals surface area contributed by atoms with Gasteiger partial charge in [0.15, 0.2) is 0 Å². The maximum Gasteiger partial charge on any atom is 0.339 e. The largest absolute Gasteiger partial charge is 0.465 e. The van der Waals surface area contributed by atoms with E-state index in [1.54, 1.807) is 0 Å². The lowest BCUT2D eigenvalue weighted by molar-refractivity contribution is 0.0598. The normalized spacial score (nSPS) is 10.1. The van der Waals surface area contributed by atoms with Crippen LogP contribution in [0.3, 0.4) is 0 Å². The van der Waals surface area contributed by atoms with Crippen LogP contribution in [0.5, 0.6) is 0 Å². The molecule has 0 amide bonds. The summed E-state index contributed by atoms with van der Waals surface area (Å²) in [7, 11) is 1.39. The first kappa shape index (κ1) is 10.7. The van der Waals surface area contributed by atoms with Gasteiger partial charge in [0.25, 0.3) is 0 Å².